The van der Waals surface area contributed by atoms with E-state index in [1.165, 1.54) is 4.80 Å². The van der Waals surface area contributed by atoms with Crippen molar-refractivity contribution in [1.82, 2.24) is 24.9 Å². The van der Waals surface area contributed by atoms with E-state index in [9.17, 15) is 4.79 Å². The third kappa shape index (κ3) is 3.61. The van der Waals surface area contributed by atoms with Gasteiger partial charge in [-0.15, -0.1) is 0 Å². The van der Waals surface area contributed by atoms with Crippen LogP contribution >= 0.6 is 0 Å². The number of hydrogen-bond donors (Lipinski definition) is 0. The Hall–Kier alpha value is -3.74. The van der Waals surface area contributed by atoms with Gasteiger partial charge in [0.05, 0.1) is 35.7 Å². The van der Waals surface area contributed by atoms with Crippen LogP contribution < -0.4 is 4.74 Å². The molecule has 0 radical (unpaired) electrons. The van der Waals surface area contributed by atoms with Gasteiger partial charge in [0, 0.05) is 18.0 Å². The molecule has 0 N–H and O–H groups in total. The number of para-hydroxylation sites is 2. The highest BCUT2D eigenvalue weighted by atomic mass is 16.5. The molecule has 4 aromatic rings. The van der Waals surface area contributed by atoms with Gasteiger partial charge in [-0.2, -0.15) is 15.0 Å². The SMILES string of the molecule is O=C(c1ccccc1-n1nccn1)N1CCC[C@@H](Oc2ccc3ccccc3n2)C1. The second-order valence-corrected chi connectivity index (χ2v) is 7.31. The summed E-state index contributed by atoms with van der Waals surface area (Å²) in [5, 5.41) is 9.42. The predicted octanol–water partition coefficient (Wildman–Crippen LogP) is 3.50. The summed E-state index contributed by atoms with van der Waals surface area (Å²) < 4.78 is 6.15. The Morgan fingerprint density at radius 1 is 0.967 bits per heavy atom. The van der Waals surface area contributed by atoms with Crippen LogP contribution in [0.25, 0.3) is 16.6 Å². The van der Waals surface area contributed by atoms with E-state index in [-0.39, 0.29) is 12.0 Å². The Bertz CT molecular complexity index is 1180. The van der Waals surface area contributed by atoms with Crippen LogP contribution in [0.1, 0.15) is 23.2 Å². The predicted molar refractivity (Wildman–Crippen MR) is 113 cm³/mol. The summed E-state index contributed by atoms with van der Waals surface area (Å²) in [4.78, 5) is 21.2. The lowest BCUT2D eigenvalue weighted by Gasteiger charge is -2.33. The van der Waals surface area contributed by atoms with Crippen molar-refractivity contribution in [3.63, 3.8) is 0 Å². The van der Waals surface area contributed by atoms with Gasteiger partial charge in [-0.05, 0) is 37.1 Å². The van der Waals surface area contributed by atoms with Crippen LogP contribution in [-0.4, -0.2) is 50.0 Å². The average molecular weight is 399 g/mol. The lowest BCUT2D eigenvalue weighted by molar-refractivity contribution is 0.0528. The third-order valence-corrected chi connectivity index (χ3v) is 5.29. The molecule has 1 atom stereocenters. The number of piperidine rings is 1. The maximum Gasteiger partial charge on any atom is 0.256 e. The number of aromatic nitrogens is 4. The molecule has 1 aliphatic heterocycles. The zero-order chi connectivity index (χ0) is 20.3. The Morgan fingerprint density at radius 2 is 1.77 bits per heavy atom. The molecule has 0 unspecified atom stereocenters. The van der Waals surface area contributed by atoms with Gasteiger partial charge in [0.25, 0.3) is 5.91 Å². The van der Waals surface area contributed by atoms with E-state index >= 15 is 0 Å². The molecule has 1 aliphatic rings. The Kier molecular flexibility index (Phi) is 4.85. The molecule has 7 nitrogen and oxygen atoms in total. The molecule has 150 valence electrons. The van der Waals surface area contributed by atoms with E-state index in [1.807, 2.05) is 65.6 Å². The first-order valence-corrected chi connectivity index (χ1v) is 10.1. The fraction of sp³-hybridized carbons (Fsp3) is 0.217. The number of carbonyl (C=O) groups is 1. The Labute approximate surface area is 173 Å². The van der Waals surface area contributed by atoms with Crippen molar-refractivity contribution < 1.29 is 9.53 Å². The molecule has 30 heavy (non-hydrogen) atoms. The van der Waals surface area contributed by atoms with Gasteiger partial charge in [-0.1, -0.05) is 30.3 Å². The maximum atomic E-state index is 13.3. The summed E-state index contributed by atoms with van der Waals surface area (Å²) >= 11 is 0. The number of ether oxygens (including phenoxy) is 1. The number of likely N-dealkylation sites (tertiary alicyclic amines) is 1. The first kappa shape index (κ1) is 18.3. The van der Waals surface area contributed by atoms with Gasteiger partial charge in [-0.25, -0.2) is 4.98 Å². The summed E-state index contributed by atoms with van der Waals surface area (Å²) in [5.74, 6) is 0.553. The number of nitrogens with zero attached hydrogens (tertiary/aromatic N) is 5. The Morgan fingerprint density at radius 3 is 2.67 bits per heavy atom. The van der Waals surface area contributed by atoms with E-state index in [0.717, 1.165) is 23.7 Å². The fourth-order valence-corrected chi connectivity index (χ4v) is 3.84. The first-order chi connectivity index (χ1) is 14.8. The number of rotatable bonds is 4. The van der Waals surface area contributed by atoms with Crippen molar-refractivity contribution in [2.45, 2.75) is 18.9 Å². The highest BCUT2D eigenvalue weighted by molar-refractivity contribution is 5.97. The standard InChI is InChI=1S/C23H21N5O2/c29-23(19-8-2-4-10-21(19)28-24-13-14-25-28)27-15-5-7-18(16-27)30-22-12-11-17-6-1-3-9-20(17)26-22/h1-4,6,8-14,18H,5,7,15-16H2/t18-/m1/s1. The minimum Gasteiger partial charge on any atom is -0.472 e. The average Bonchev–Trinajstić information content (AvgIpc) is 3.34. The topological polar surface area (TPSA) is 73.1 Å². The van der Waals surface area contributed by atoms with E-state index < -0.39 is 0 Å². The van der Waals surface area contributed by atoms with Crippen LogP contribution in [0.3, 0.4) is 0 Å². The molecular formula is C23H21N5O2. The zero-order valence-corrected chi connectivity index (χ0v) is 16.4. The van der Waals surface area contributed by atoms with E-state index in [0.29, 0.717) is 30.2 Å². The molecule has 3 heterocycles. The quantitative estimate of drug-likeness (QED) is 0.525. The second kappa shape index (κ2) is 7.94. The number of pyridine rings is 1. The molecule has 2 aromatic heterocycles. The summed E-state index contributed by atoms with van der Waals surface area (Å²) in [6.07, 6.45) is 4.88. The molecule has 5 rings (SSSR count). The van der Waals surface area contributed by atoms with Crippen LogP contribution in [0.15, 0.2) is 73.1 Å². The van der Waals surface area contributed by atoms with Crippen molar-refractivity contribution in [3.05, 3.63) is 78.6 Å². The molecule has 0 saturated carbocycles. The number of benzene rings is 2. The number of hydrogen-bond acceptors (Lipinski definition) is 5. The molecule has 1 fully saturated rings. The molecule has 7 heteroatoms. The smallest absolute Gasteiger partial charge is 0.256 e. The summed E-state index contributed by atoms with van der Waals surface area (Å²) in [5.41, 5.74) is 2.16. The number of amides is 1. The molecule has 0 aliphatic carbocycles. The number of carbonyl (C=O) groups excluding carboxylic acids is 1. The van der Waals surface area contributed by atoms with Gasteiger partial charge in [0.2, 0.25) is 5.88 Å². The van der Waals surface area contributed by atoms with E-state index in [2.05, 4.69) is 15.2 Å². The first-order valence-electron chi connectivity index (χ1n) is 10.1. The van der Waals surface area contributed by atoms with Gasteiger partial charge in [-0.3, -0.25) is 4.79 Å². The van der Waals surface area contributed by atoms with E-state index in [4.69, 9.17) is 4.74 Å². The van der Waals surface area contributed by atoms with Crippen LogP contribution in [0.5, 0.6) is 5.88 Å². The lowest BCUT2D eigenvalue weighted by Crippen LogP contribution is -2.44. The van der Waals surface area contributed by atoms with Gasteiger partial charge < -0.3 is 9.64 Å². The highest BCUT2D eigenvalue weighted by Gasteiger charge is 2.27. The minimum absolute atomic E-state index is 0.0392. The third-order valence-electron chi connectivity index (χ3n) is 5.29. The largest absolute Gasteiger partial charge is 0.472 e. The van der Waals surface area contributed by atoms with Crippen LogP contribution in [0, 0.1) is 0 Å². The highest BCUT2D eigenvalue weighted by Crippen LogP contribution is 2.22. The molecule has 1 saturated heterocycles. The molecule has 1 amide bonds. The molecule has 0 bridgehead atoms. The molecule has 0 spiro atoms. The van der Waals surface area contributed by atoms with Gasteiger partial charge >= 0.3 is 0 Å². The van der Waals surface area contributed by atoms with Crippen molar-refractivity contribution in [1.29, 1.82) is 0 Å². The van der Waals surface area contributed by atoms with Gasteiger partial charge in [0.1, 0.15) is 6.10 Å². The molecule has 2 aromatic carbocycles. The van der Waals surface area contributed by atoms with Crippen LogP contribution in [0.4, 0.5) is 0 Å². The lowest BCUT2D eigenvalue weighted by atomic mass is 10.1. The van der Waals surface area contributed by atoms with Crippen LogP contribution in [-0.2, 0) is 0 Å². The van der Waals surface area contributed by atoms with Crippen molar-refractivity contribution in [2.75, 3.05) is 13.1 Å². The summed E-state index contributed by atoms with van der Waals surface area (Å²) in [6, 6.07) is 19.3. The van der Waals surface area contributed by atoms with Crippen molar-refractivity contribution in [2.24, 2.45) is 0 Å². The normalized spacial score (nSPS) is 16.5. The zero-order valence-electron chi connectivity index (χ0n) is 16.4. The number of fused-ring (bicyclic) bond motifs is 1. The van der Waals surface area contributed by atoms with Crippen LogP contribution in [0.2, 0.25) is 0 Å². The minimum atomic E-state index is -0.0913. The molecular weight excluding hydrogens is 378 g/mol. The maximum absolute atomic E-state index is 13.3. The van der Waals surface area contributed by atoms with E-state index in [1.54, 1.807) is 12.4 Å². The van der Waals surface area contributed by atoms with Gasteiger partial charge in [0.15, 0.2) is 0 Å². The summed E-state index contributed by atoms with van der Waals surface area (Å²) in [6.45, 7) is 1.22. The fourth-order valence-electron chi connectivity index (χ4n) is 3.84. The summed E-state index contributed by atoms with van der Waals surface area (Å²) in [7, 11) is 0. The Balaban J connectivity index is 1.33. The second-order valence-electron chi connectivity index (χ2n) is 7.31. The van der Waals surface area contributed by atoms with Crippen molar-refractivity contribution in [3.8, 4) is 11.6 Å². The monoisotopic (exact) mass is 399 g/mol. The van der Waals surface area contributed by atoms with Crippen molar-refractivity contribution >= 4 is 16.8 Å².